The molecule has 0 saturated heterocycles. The highest BCUT2D eigenvalue weighted by Gasteiger charge is 2.43. The lowest BCUT2D eigenvalue weighted by atomic mass is 9.85. The Morgan fingerprint density at radius 2 is 2.08 bits per heavy atom. The molecule has 2 aromatic rings. The number of aromatic nitrogens is 1. The van der Waals surface area contributed by atoms with Crippen molar-refractivity contribution >= 4 is 29.8 Å². The number of anilines is 3. The molecule has 1 aromatic heterocycles. The quantitative estimate of drug-likeness (QED) is 0.674. The van der Waals surface area contributed by atoms with Crippen molar-refractivity contribution in [2.45, 2.75) is 38.0 Å². The second-order valence-corrected chi connectivity index (χ2v) is 7.95. The van der Waals surface area contributed by atoms with E-state index < -0.39 is 5.41 Å². The molecule has 26 heavy (non-hydrogen) atoms. The lowest BCUT2D eigenvalue weighted by Gasteiger charge is -2.27. The van der Waals surface area contributed by atoms with Crippen LogP contribution in [-0.2, 0) is 10.2 Å². The number of nitrogens with two attached hydrogens (primary N) is 1. The SMILES string of the molecule is CC(C)(C=O)c1ccc(N2CCC3CC3c3cc(C=O)cnc32)cc1N. The van der Waals surface area contributed by atoms with Crippen LogP contribution in [0.1, 0.15) is 54.1 Å². The van der Waals surface area contributed by atoms with Crippen LogP contribution in [-0.4, -0.2) is 24.1 Å². The maximum absolute atomic E-state index is 11.4. The monoisotopic (exact) mass is 349 g/mol. The van der Waals surface area contributed by atoms with Crippen molar-refractivity contribution in [3.63, 3.8) is 0 Å². The molecule has 0 spiro atoms. The summed E-state index contributed by atoms with van der Waals surface area (Å²) in [5.74, 6) is 2.10. The number of pyridine rings is 1. The fourth-order valence-corrected chi connectivity index (χ4v) is 4.02. The molecule has 5 nitrogen and oxygen atoms in total. The third-order valence-corrected chi connectivity index (χ3v) is 5.69. The van der Waals surface area contributed by atoms with Gasteiger partial charge in [-0.05, 0) is 67.9 Å². The molecular formula is C21H23N3O2. The first kappa shape index (κ1) is 16.8. The first-order valence-corrected chi connectivity index (χ1v) is 9.03. The van der Waals surface area contributed by atoms with Gasteiger partial charge in [0.25, 0.3) is 0 Å². The molecule has 0 bridgehead atoms. The minimum Gasteiger partial charge on any atom is -0.398 e. The number of hydrogen-bond donors (Lipinski definition) is 1. The molecule has 1 saturated carbocycles. The second-order valence-electron chi connectivity index (χ2n) is 7.95. The number of carbonyl (C=O) groups excluding carboxylic acids is 2. The summed E-state index contributed by atoms with van der Waals surface area (Å²) in [6.07, 6.45) is 5.69. The lowest BCUT2D eigenvalue weighted by molar-refractivity contribution is -0.111. The van der Waals surface area contributed by atoms with Crippen molar-refractivity contribution < 1.29 is 9.59 Å². The van der Waals surface area contributed by atoms with Crippen LogP contribution in [0.5, 0.6) is 0 Å². The second kappa shape index (κ2) is 5.94. The molecule has 2 heterocycles. The van der Waals surface area contributed by atoms with E-state index in [9.17, 15) is 9.59 Å². The first-order valence-electron chi connectivity index (χ1n) is 9.03. The predicted molar refractivity (Wildman–Crippen MR) is 102 cm³/mol. The van der Waals surface area contributed by atoms with E-state index in [1.165, 1.54) is 6.42 Å². The number of fused-ring (bicyclic) bond motifs is 3. The van der Waals surface area contributed by atoms with Gasteiger partial charge in [-0.1, -0.05) is 6.07 Å². The van der Waals surface area contributed by atoms with Crippen LogP contribution in [0.15, 0.2) is 30.5 Å². The summed E-state index contributed by atoms with van der Waals surface area (Å²) in [5.41, 5.74) is 9.87. The Morgan fingerprint density at radius 3 is 2.77 bits per heavy atom. The average molecular weight is 349 g/mol. The molecule has 1 aliphatic carbocycles. The number of hydrogen-bond acceptors (Lipinski definition) is 5. The Labute approximate surface area is 153 Å². The number of carbonyl (C=O) groups is 2. The van der Waals surface area contributed by atoms with Crippen LogP contribution in [0.2, 0.25) is 0 Å². The summed E-state index contributed by atoms with van der Waals surface area (Å²) in [6.45, 7) is 4.60. The van der Waals surface area contributed by atoms with Crippen molar-refractivity contribution in [3.8, 4) is 0 Å². The van der Waals surface area contributed by atoms with Gasteiger partial charge < -0.3 is 15.4 Å². The van der Waals surface area contributed by atoms with E-state index in [1.54, 1.807) is 6.20 Å². The highest BCUT2D eigenvalue weighted by Crippen LogP contribution is 2.55. The Balaban J connectivity index is 1.77. The van der Waals surface area contributed by atoms with Crippen molar-refractivity contribution in [1.29, 1.82) is 0 Å². The molecule has 1 fully saturated rings. The van der Waals surface area contributed by atoms with E-state index in [-0.39, 0.29) is 0 Å². The van der Waals surface area contributed by atoms with Gasteiger partial charge in [-0.25, -0.2) is 4.98 Å². The average Bonchev–Trinajstić information content (AvgIpc) is 3.41. The van der Waals surface area contributed by atoms with Crippen LogP contribution in [0, 0.1) is 5.92 Å². The zero-order chi connectivity index (χ0) is 18.5. The minimum absolute atomic E-state index is 0.507. The van der Waals surface area contributed by atoms with Gasteiger partial charge in [0.1, 0.15) is 12.1 Å². The lowest BCUT2D eigenvalue weighted by Crippen LogP contribution is -2.23. The third kappa shape index (κ3) is 2.68. The Bertz CT molecular complexity index is 891. The van der Waals surface area contributed by atoms with Gasteiger partial charge in [0.15, 0.2) is 6.29 Å². The largest absolute Gasteiger partial charge is 0.398 e. The Hall–Kier alpha value is -2.69. The van der Waals surface area contributed by atoms with E-state index >= 15 is 0 Å². The van der Waals surface area contributed by atoms with Crippen LogP contribution >= 0.6 is 0 Å². The van der Waals surface area contributed by atoms with Crippen molar-refractivity contribution in [3.05, 3.63) is 47.2 Å². The van der Waals surface area contributed by atoms with Crippen LogP contribution in [0.25, 0.3) is 0 Å². The summed E-state index contributed by atoms with van der Waals surface area (Å²) < 4.78 is 0. The number of rotatable bonds is 4. The molecule has 134 valence electrons. The van der Waals surface area contributed by atoms with Gasteiger partial charge in [0.05, 0.1) is 0 Å². The highest BCUT2D eigenvalue weighted by molar-refractivity contribution is 5.78. The molecule has 2 N–H and O–H groups in total. The standard InChI is InChI=1S/C21H23N3O2/c1-21(2,12-26)18-4-3-15(9-19(18)22)24-6-5-14-8-16(14)17-7-13(11-25)10-23-20(17)24/h3-4,7,9-12,14,16H,5-6,8,22H2,1-2H3. The normalized spacial score (nSPS) is 21.4. The number of benzene rings is 1. The van der Waals surface area contributed by atoms with Crippen LogP contribution < -0.4 is 10.6 Å². The molecule has 1 aromatic carbocycles. The molecule has 2 unspecified atom stereocenters. The number of nitrogens with zero attached hydrogens (tertiary/aromatic N) is 2. The number of nitrogen functional groups attached to an aromatic ring is 1. The van der Waals surface area contributed by atoms with E-state index in [1.807, 2.05) is 38.1 Å². The van der Waals surface area contributed by atoms with E-state index in [0.717, 1.165) is 48.2 Å². The molecule has 0 radical (unpaired) electrons. The molecule has 0 amide bonds. The van der Waals surface area contributed by atoms with Crippen molar-refractivity contribution in [2.24, 2.45) is 5.92 Å². The fourth-order valence-electron chi connectivity index (χ4n) is 4.02. The fraction of sp³-hybridized carbons (Fsp3) is 0.381. The van der Waals surface area contributed by atoms with Gasteiger partial charge in [-0.3, -0.25) is 4.79 Å². The van der Waals surface area contributed by atoms with Crippen LogP contribution in [0.4, 0.5) is 17.2 Å². The molecule has 2 aliphatic rings. The third-order valence-electron chi connectivity index (χ3n) is 5.69. The first-order chi connectivity index (χ1) is 12.4. The van der Waals surface area contributed by atoms with Gasteiger partial charge >= 0.3 is 0 Å². The van der Waals surface area contributed by atoms with Crippen molar-refractivity contribution in [2.75, 3.05) is 17.2 Å². The maximum Gasteiger partial charge on any atom is 0.151 e. The molecule has 1 aliphatic heterocycles. The van der Waals surface area contributed by atoms with Gasteiger partial charge in [0, 0.05) is 35.1 Å². The summed E-state index contributed by atoms with van der Waals surface area (Å²) in [5, 5.41) is 0. The van der Waals surface area contributed by atoms with E-state index in [0.29, 0.717) is 23.1 Å². The summed E-state index contributed by atoms with van der Waals surface area (Å²) in [7, 11) is 0. The Morgan fingerprint density at radius 1 is 1.27 bits per heavy atom. The summed E-state index contributed by atoms with van der Waals surface area (Å²) in [4.78, 5) is 29.3. The molecule has 4 rings (SSSR count). The molecular weight excluding hydrogens is 326 g/mol. The maximum atomic E-state index is 11.4. The smallest absolute Gasteiger partial charge is 0.151 e. The van der Waals surface area contributed by atoms with Gasteiger partial charge in [0.2, 0.25) is 0 Å². The van der Waals surface area contributed by atoms with E-state index in [4.69, 9.17) is 5.73 Å². The zero-order valence-corrected chi connectivity index (χ0v) is 15.1. The van der Waals surface area contributed by atoms with Crippen molar-refractivity contribution in [1.82, 2.24) is 4.98 Å². The van der Waals surface area contributed by atoms with E-state index in [2.05, 4.69) is 9.88 Å². The Kier molecular flexibility index (Phi) is 3.83. The summed E-state index contributed by atoms with van der Waals surface area (Å²) >= 11 is 0. The number of aldehydes is 2. The highest BCUT2D eigenvalue weighted by atomic mass is 16.1. The van der Waals surface area contributed by atoms with Crippen LogP contribution in [0.3, 0.4) is 0 Å². The molecule has 2 atom stereocenters. The van der Waals surface area contributed by atoms with Gasteiger partial charge in [-0.2, -0.15) is 0 Å². The molecule has 5 heteroatoms. The predicted octanol–water partition coefficient (Wildman–Crippen LogP) is 3.60. The zero-order valence-electron chi connectivity index (χ0n) is 15.1. The van der Waals surface area contributed by atoms with Gasteiger partial charge in [-0.15, -0.1) is 0 Å². The summed E-state index contributed by atoms with van der Waals surface area (Å²) in [6, 6.07) is 7.85. The minimum atomic E-state index is -0.613. The topological polar surface area (TPSA) is 76.3 Å².